The van der Waals surface area contributed by atoms with Gasteiger partial charge in [0.2, 0.25) is 5.91 Å². The number of benzene rings is 1. The van der Waals surface area contributed by atoms with Crippen molar-refractivity contribution in [2.24, 2.45) is 0 Å². The summed E-state index contributed by atoms with van der Waals surface area (Å²) < 4.78 is 10.5. The van der Waals surface area contributed by atoms with E-state index in [1.807, 2.05) is 18.2 Å². The highest BCUT2D eigenvalue weighted by Crippen LogP contribution is 2.27. The average molecular weight is 307 g/mol. The van der Waals surface area contributed by atoms with Gasteiger partial charge in [-0.25, -0.2) is 0 Å². The minimum Gasteiger partial charge on any atom is -0.493 e. The minimum absolute atomic E-state index is 0.0449. The van der Waals surface area contributed by atoms with Crippen LogP contribution in [0.2, 0.25) is 0 Å². The number of carbonyl (C=O) groups excluding carboxylic acids is 1. The van der Waals surface area contributed by atoms with Crippen LogP contribution in [0.1, 0.15) is 12.5 Å². The molecule has 6 heteroatoms. The van der Waals surface area contributed by atoms with E-state index in [1.165, 1.54) is 0 Å². The van der Waals surface area contributed by atoms with Gasteiger partial charge in [0.05, 0.1) is 20.8 Å². The van der Waals surface area contributed by atoms with Gasteiger partial charge in [-0.1, -0.05) is 6.07 Å². The van der Waals surface area contributed by atoms with E-state index >= 15 is 0 Å². The number of nitrogens with one attached hydrogen (secondary N) is 2. The molecule has 0 spiro atoms. The highest BCUT2D eigenvalue weighted by molar-refractivity contribution is 5.78. The van der Waals surface area contributed by atoms with Crippen LogP contribution in [0.25, 0.3) is 0 Å². The van der Waals surface area contributed by atoms with Crippen molar-refractivity contribution in [3.8, 4) is 11.5 Å². The first-order valence-electron chi connectivity index (χ1n) is 7.56. The summed E-state index contributed by atoms with van der Waals surface area (Å²) in [5.74, 6) is 1.40. The molecule has 1 aliphatic heterocycles. The molecule has 1 heterocycles. The average Bonchev–Trinajstić information content (AvgIpc) is 2.54. The fourth-order valence-corrected chi connectivity index (χ4v) is 2.55. The first kappa shape index (κ1) is 16.6. The van der Waals surface area contributed by atoms with E-state index in [2.05, 4.69) is 22.5 Å². The first-order valence-corrected chi connectivity index (χ1v) is 7.56. The third kappa shape index (κ3) is 4.35. The Hall–Kier alpha value is -1.79. The molecule has 22 heavy (non-hydrogen) atoms. The molecule has 0 unspecified atom stereocenters. The van der Waals surface area contributed by atoms with Crippen molar-refractivity contribution in [1.82, 2.24) is 15.5 Å². The fraction of sp³-hybridized carbons (Fsp3) is 0.562. The molecule has 122 valence electrons. The summed E-state index contributed by atoms with van der Waals surface area (Å²) >= 11 is 0. The standard InChI is InChI=1S/C16H25N3O3/c1-12-9-17-6-7-19(12)11-16(20)18-10-13-4-5-14(21-2)15(8-13)22-3/h4-5,8,12,17H,6-7,9-11H2,1-3H3,(H,18,20)/t12-/m1/s1. The molecular weight excluding hydrogens is 282 g/mol. The molecule has 2 rings (SSSR count). The van der Waals surface area contributed by atoms with Crippen LogP contribution in [0.15, 0.2) is 18.2 Å². The molecule has 0 aliphatic carbocycles. The number of carbonyl (C=O) groups is 1. The smallest absolute Gasteiger partial charge is 0.234 e. The SMILES string of the molecule is COc1ccc(CNC(=O)CN2CCNC[C@H]2C)cc1OC. The van der Waals surface area contributed by atoms with Crippen molar-refractivity contribution in [2.45, 2.75) is 19.5 Å². The molecule has 1 amide bonds. The Balaban J connectivity index is 1.85. The number of rotatable bonds is 6. The van der Waals surface area contributed by atoms with Gasteiger partial charge in [0, 0.05) is 32.2 Å². The van der Waals surface area contributed by atoms with Crippen LogP contribution >= 0.6 is 0 Å². The number of methoxy groups -OCH3 is 2. The second kappa shape index (κ2) is 8.00. The van der Waals surface area contributed by atoms with Crippen molar-refractivity contribution in [1.29, 1.82) is 0 Å². The van der Waals surface area contributed by atoms with Crippen molar-refractivity contribution in [2.75, 3.05) is 40.4 Å². The maximum atomic E-state index is 12.1. The molecule has 1 aliphatic rings. The lowest BCUT2D eigenvalue weighted by atomic mass is 10.2. The molecule has 6 nitrogen and oxygen atoms in total. The topological polar surface area (TPSA) is 62.8 Å². The maximum Gasteiger partial charge on any atom is 0.234 e. The predicted octanol–water partition coefficient (Wildman–Crippen LogP) is 0.614. The second-order valence-electron chi connectivity index (χ2n) is 5.49. The molecular formula is C16H25N3O3. The lowest BCUT2D eigenvalue weighted by Gasteiger charge is -2.33. The highest BCUT2D eigenvalue weighted by Gasteiger charge is 2.20. The Morgan fingerprint density at radius 3 is 2.82 bits per heavy atom. The van der Waals surface area contributed by atoms with Crippen molar-refractivity contribution < 1.29 is 14.3 Å². The number of ether oxygens (including phenoxy) is 2. The van der Waals surface area contributed by atoms with Crippen LogP contribution in [-0.4, -0.2) is 57.2 Å². The van der Waals surface area contributed by atoms with Crippen LogP contribution in [0.4, 0.5) is 0 Å². The third-order valence-electron chi connectivity index (χ3n) is 3.92. The molecule has 2 N–H and O–H groups in total. The van der Waals surface area contributed by atoms with Gasteiger partial charge in [-0.15, -0.1) is 0 Å². The maximum absolute atomic E-state index is 12.1. The summed E-state index contributed by atoms with van der Waals surface area (Å²) in [6.07, 6.45) is 0. The summed E-state index contributed by atoms with van der Waals surface area (Å²) in [5, 5.41) is 6.28. The van der Waals surface area contributed by atoms with E-state index in [1.54, 1.807) is 14.2 Å². The Kier molecular flexibility index (Phi) is 6.03. The summed E-state index contributed by atoms with van der Waals surface area (Å²) in [5.41, 5.74) is 0.986. The van der Waals surface area contributed by atoms with E-state index in [9.17, 15) is 4.79 Å². The summed E-state index contributed by atoms with van der Waals surface area (Å²) in [6.45, 7) is 5.84. The second-order valence-corrected chi connectivity index (χ2v) is 5.49. The van der Waals surface area contributed by atoms with Crippen molar-refractivity contribution in [3.05, 3.63) is 23.8 Å². The lowest BCUT2D eigenvalue weighted by molar-refractivity contribution is -0.123. The Labute approximate surface area is 131 Å². The van der Waals surface area contributed by atoms with E-state index in [0.717, 1.165) is 25.2 Å². The van der Waals surface area contributed by atoms with E-state index in [4.69, 9.17) is 9.47 Å². The molecule has 0 radical (unpaired) electrons. The van der Waals surface area contributed by atoms with Gasteiger partial charge >= 0.3 is 0 Å². The lowest BCUT2D eigenvalue weighted by Crippen LogP contribution is -2.52. The zero-order chi connectivity index (χ0) is 15.9. The van der Waals surface area contributed by atoms with Gasteiger partial charge in [0.15, 0.2) is 11.5 Å². The van der Waals surface area contributed by atoms with Crippen molar-refractivity contribution >= 4 is 5.91 Å². The van der Waals surface area contributed by atoms with Crippen LogP contribution in [0.3, 0.4) is 0 Å². The van der Waals surface area contributed by atoms with Crippen LogP contribution in [0.5, 0.6) is 11.5 Å². The zero-order valence-electron chi connectivity index (χ0n) is 13.5. The van der Waals surface area contributed by atoms with Gasteiger partial charge < -0.3 is 20.1 Å². The Morgan fingerprint density at radius 1 is 1.36 bits per heavy atom. The number of hydrogen-bond acceptors (Lipinski definition) is 5. The van der Waals surface area contributed by atoms with Crippen molar-refractivity contribution in [3.63, 3.8) is 0 Å². The molecule has 0 saturated carbocycles. The van der Waals surface area contributed by atoms with Gasteiger partial charge in [-0.2, -0.15) is 0 Å². The molecule has 0 aromatic heterocycles. The molecule has 1 atom stereocenters. The van der Waals surface area contributed by atoms with Gasteiger partial charge in [0.25, 0.3) is 0 Å². The number of amides is 1. The fourth-order valence-electron chi connectivity index (χ4n) is 2.55. The number of piperazine rings is 1. The van der Waals surface area contributed by atoms with E-state index in [-0.39, 0.29) is 5.91 Å². The zero-order valence-corrected chi connectivity index (χ0v) is 13.5. The van der Waals surface area contributed by atoms with Gasteiger partial charge in [0.1, 0.15) is 0 Å². The number of nitrogens with zero attached hydrogens (tertiary/aromatic N) is 1. The van der Waals surface area contributed by atoms with Crippen LogP contribution in [0, 0.1) is 0 Å². The summed E-state index contributed by atoms with van der Waals surface area (Å²) in [7, 11) is 3.21. The Bertz CT molecular complexity index is 507. The van der Waals surface area contributed by atoms with Gasteiger partial charge in [-0.05, 0) is 24.6 Å². The first-order chi connectivity index (χ1) is 10.6. The van der Waals surface area contributed by atoms with Gasteiger partial charge in [-0.3, -0.25) is 9.69 Å². The van der Waals surface area contributed by atoms with E-state index < -0.39 is 0 Å². The largest absolute Gasteiger partial charge is 0.493 e. The minimum atomic E-state index is 0.0449. The molecule has 1 aromatic carbocycles. The summed E-state index contributed by atoms with van der Waals surface area (Å²) in [6, 6.07) is 6.04. The summed E-state index contributed by atoms with van der Waals surface area (Å²) in [4.78, 5) is 14.3. The predicted molar refractivity (Wildman–Crippen MR) is 85.3 cm³/mol. The van der Waals surface area contributed by atoms with Crippen LogP contribution < -0.4 is 20.1 Å². The normalized spacial score (nSPS) is 18.8. The molecule has 0 bridgehead atoms. The molecule has 1 saturated heterocycles. The third-order valence-corrected chi connectivity index (χ3v) is 3.92. The van der Waals surface area contributed by atoms with E-state index in [0.29, 0.717) is 30.6 Å². The number of hydrogen-bond donors (Lipinski definition) is 2. The quantitative estimate of drug-likeness (QED) is 0.806. The Morgan fingerprint density at radius 2 is 2.14 bits per heavy atom. The monoisotopic (exact) mass is 307 g/mol. The molecule has 1 fully saturated rings. The van der Waals surface area contributed by atoms with Crippen LogP contribution in [-0.2, 0) is 11.3 Å². The highest BCUT2D eigenvalue weighted by atomic mass is 16.5. The molecule has 1 aromatic rings.